The smallest absolute Gasteiger partial charge is 0.227 e. The van der Waals surface area contributed by atoms with Crippen molar-refractivity contribution in [3.8, 4) is 0 Å². The van der Waals surface area contributed by atoms with E-state index in [0.717, 1.165) is 6.07 Å². The Bertz CT molecular complexity index is 444. The highest BCUT2D eigenvalue weighted by Gasteiger charge is 2.32. The molecule has 1 saturated heterocycles. The van der Waals surface area contributed by atoms with Crippen LogP contribution in [0.2, 0.25) is 5.02 Å². The van der Waals surface area contributed by atoms with Gasteiger partial charge >= 0.3 is 0 Å². The summed E-state index contributed by atoms with van der Waals surface area (Å²) in [6.07, 6.45) is 0.268. The second-order valence-corrected chi connectivity index (χ2v) is 4.44. The summed E-state index contributed by atoms with van der Waals surface area (Å²) in [4.78, 5) is 12.9. The molecule has 1 unspecified atom stereocenters. The fourth-order valence-corrected chi connectivity index (χ4v) is 2.24. The van der Waals surface area contributed by atoms with Gasteiger partial charge in [0.25, 0.3) is 0 Å². The second-order valence-electron chi connectivity index (χ2n) is 4.03. The SMILES string of the molecule is NCC1CC(=O)N(c2c(F)cc(F)cc2Cl)C1. The molecule has 2 N–H and O–H groups in total. The summed E-state index contributed by atoms with van der Waals surface area (Å²) in [5, 5.41) is -0.103. The van der Waals surface area contributed by atoms with Crippen molar-refractivity contribution >= 4 is 23.2 Å². The quantitative estimate of drug-likeness (QED) is 0.883. The van der Waals surface area contributed by atoms with Gasteiger partial charge in [-0.25, -0.2) is 8.78 Å². The minimum Gasteiger partial charge on any atom is -0.330 e. The number of carbonyl (C=O) groups excluding carboxylic acids is 1. The van der Waals surface area contributed by atoms with Crippen LogP contribution in [0.25, 0.3) is 0 Å². The van der Waals surface area contributed by atoms with Crippen LogP contribution in [0.1, 0.15) is 6.42 Å². The standard InChI is InChI=1S/C11H11ClF2N2O/c12-8-2-7(13)3-9(14)11(8)16-5-6(4-15)1-10(16)17/h2-3,6H,1,4-5,15H2. The second kappa shape index (κ2) is 4.58. The van der Waals surface area contributed by atoms with Gasteiger partial charge in [0.15, 0.2) is 5.82 Å². The minimum atomic E-state index is -0.832. The molecule has 1 amide bonds. The molecule has 0 bridgehead atoms. The zero-order valence-corrected chi connectivity index (χ0v) is 9.68. The topological polar surface area (TPSA) is 46.3 Å². The Morgan fingerprint density at radius 1 is 1.47 bits per heavy atom. The Balaban J connectivity index is 2.38. The Morgan fingerprint density at radius 2 is 2.18 bits per heavy atom. The third-order valence-corrected chi connectivity index (χ3v) is 3.08. The van der Waals surface area contributed by atoms with Crippen LogP contribution >= 0.6 is 11.6 Å². The first-order valence-corrected chi connectivity index (χ1v) is 5.55. The number of anilines is 1. The largest absolute Gasteiger partial charge is 0.330 e. The summed E-state index contributed by atoms with van der Waals surface area (Å²) in [7, 11) is 0. The average molecular weight is 261 g/mol. The molecular weight excluding hydrogens is 250 g/mol. The molecule has 0 spiro atoms. The zero-order valence-electron chi connectivity index (χ0n) is 8.92. The van der Waals surface area contributed by atoms with Gasteiger partial charge in [0.2, 0.25) is 5.91 Å². The Kier molecular flexibility index (Phi) is 3.31. The van der Waals surface area contributed by atoms with E-state index in [1.165, 1.54) is 4.90 Å². The lowest BCUT2D eigenvalue weighted by molar-refractivity contribution is -0.117. The van der Waals surface area contributed by atoms with Gasteiger partial charge in [-0.05, 0) is 18.5 Å². The van der Waals surface area contributed by atoms with Crippen LogP contribution in [0.15, 0.2) is 12.1 Å². The number of carbonyl (C=O) groups is 1. The molecule has 1 aliphatic rings. The number of halogens is 3. The molecule has 3 nitrogen and oxygen atoms in total. The van der Waals surface area contributed by atoms with E-state index >= 15 is 0 Å². The molecule has 1 aromatic rings. The maximum Gasteiger partial charge on any atom is 0.227 e. The first-order valence-electron chi connectivity index (χ1n) is 5.18. The van der Waals surface area contributed by atoms with Crippen LogP contribution in [0.3, 0.4) is 0 Å². The third-order valence-electron chi connectivity index (χ3n) is 2.79. The van der Waals surface area contributed by atoms with Crippen LogP contribution in [0, 0.1) is 17.6 Å². The van der Waals surface area contributed by atoms with Crippen molar-refractivity contribution in [1.29, 1.82) is 0 Å². The average Bonchev–Trinajstić information content (AvgIpc) is 2.59. The summed E-state index contributed by atoms with van der Waals surface area (Å²) in [5.41, 5.74) is 5.41. The van der Waals surface area contributed by atoms with Crippen LogP contribution in [0.5, 0.6) is 0 Å². The Labute approximate surface area is 102 Å². The van der Waals surface area contributed by atoms with Crippen LogP contribution in [-0.2, 0) is 4.79 Å². The number of nitrogens with zero attached hydrogens (tertiary/aromatic N) is 1. The van der Waals surface area contributed by atoms with E-state index in [0.29, 0.717) is 19.2 Å². The van der Waals surface area contributed by atoms with Gasteiger partial charge in [-0.2, -0.15) is 0 Å². The van der Waals surface area contributed by atoms with Crippen molar-refractivity contribution in [3.63, 3.8) is 0 Å². The first-order chi connectivity index (χ1) is 8.02. The molecule has 17 heavy (non-hydrogen) atoms. The molecule has 92 valence electrons. The molecular formula is C11H11ClF2N2O. The molecule has 1 heterocycles. The third kappa shape index (κ3) is 2.25. The summed E-state index contributed by atoms with van der Waals surface area (Å²) in [6.45, 7) is 0.667. The predicted octanol–water partition coefficient (Wildman–Crippen LogP) is 1.93. The van der Waals surface area contributed by atoms with Gasteiger partial charge in [0.05, 0.1) is 10.7 Å². The van der Waals surface area contributed by atoms with E-state index in [4.69, 9.17) is 17.3 Å². The van der Waals surface area contributed by atoms with Gasteiger partial charge in [0.1, 0.15) is 5.82 Å². The maximum absolute atomic E-state index is 13.6. The lowest BCUT2D eigenvalue weighted by Crippen LogP contribution is -2.27. The van der Waals surface area contributed by atoms with Crippen LogP contribution < -0.4 is 10.6 Å². The fourth-order valence-electron chi connectivity index (χ4n) is 1.95. The van der Waals surface area contributed by atoms with Crippen molar-refractivity contribution in [2.24, 2.45) is 11.7 Å². The van der Waals surface area contributed by atoms with E-state index < -0.39 is 11.6 Å². The van der Waals surface area contributed by atoms with E-state index in [1.54, 1.807) is 0 Å². The molecule has 6 heteroatoms. The summed E-state index contributed by atoms with van der Waals surface area (Å²) < 4.78 is 26.5. The van der Waals surface area contributed by atoms with Crippen LogP contribution in [-0.4, -0.2) is 19.0 Å². The van der Waals surface area contributed by atoms with Gasteiger partial charge in [0, 0.05) is 19.0 Å². The van der Waals surface area contributed by atoms with Crippen molar-refractivity contribution < 1.29 is 13.6 Å². The highest BCUT2D eigenvalue weighted by molar-refractivity contribution is 6.33. The van der Waals surface area contributed by atoms with Crippen molar-refractivity contribution in [3.05, 3.63) is 28.8 Å². The monoisotopic (exact) mass is 260 g/mol. The van der Waals surface area contributed by atoms with Crippen LogP contribution in [0.4, 0.5) is 14.5 Å². The maximum atomic E-state index is 13.6. The van der Waals surface area contributed by atoms with Gasteiger partial charge < -0.3 is 10.6 Å². The van der Waals surface area contributed by atoms with E-state index in [1.807, 2.05) is 0 Å². The van der Waals surface area contributed by atoms with Gasteiger partial charge in [-0.15, -0.1) is 0 Å². The molecule has 2 rings (SSSR count). The first kappa shape index (κ1) is 12.3. The molecule has 1 aliphatic heterocycles. The van der Waals surface area contributed by atoms with Crippen molar-refractivity contribution in [1.82, 2.24) is 0 Å². The number of rotatable bonds is 2. The number of hydrogen-bond acceptors (Lipinski definition) is 2. The summed E-state index contributed by atoms with van der Waals surface area (Å²) in [6, 6.07) is 1.70. The molecule has 1 aromatic carbocycles. The lowest BCUT2D eigenvalue weighted by Gasteiger charge is -2.18. The number of hydrogen-bond donors (Lipinski definition) is 1. The Hall–Kier alpha value is -1.20. The minimum absolute atomic E-state index is 0.0111. The lowest BCUT2D eigenvalue weighted by atomic mass is 10.1. The molecule has 0 radical (unpaired) electrons. The van der Waals surface area contributed by atoms with Gasteiger partial charge in [-0.3, -0.25) is 4.79 Å². The van der Waals surface area contributed by atoms with Crippen molar-refractivity contribution in [2.75, 3.05) is 18.0 Å². The van der Waals surface area contributed by atoms with Gasteiger partial charge in [-0.1, -0.05) is 11.6 Å². The molecule has 0 aromatic heterocycles. The van der Waals surface area contributed by atoms with E-state index in [2.05, 4.69) is 0 Å². The molecule has 1 fully saturated rings. The highest BCUT2D eigenvalue weighted by Crippen LogP contribution is 2.34. The summed E-state index contributed by atoms with van der Waals surface area (Å²) in [5.74, 6) is -1.85. The number of nitrogens with two attached hydrogens (primary N) is 1. The number of amides is 1. The Morgan fingerprint density at radius 3 is 2.71 bits per heavy atom. The van der Waals surface area contributed by atoms with E-state index in [9.17, 15) is 13.6 Å². The molecule has 0 aliphatic carbocycles. The summed E-state index contributed by atoms with van der Waals surface area (Å²) >= 11 is 5.77. The predicted molar refractivity (Wildman–Crippen MR) is 60.9 cm³/mol. The van der Waals surface area contributed by atoms with E-state index in [-0.39, 0.29) is 29.0 Å². The normalized spacial score (nSPS) is 20.1. The molecule has 1 atom stereocenters. The fraction of sp³-hybridized carbons (Fsp3) is 0.364. The van der Waals surface area contributed by atoms with Crippen molar-refractivity contribution in [2.45, 2.75) is 6.42 Å². The molecule has 0 saturated carbocycles. The number of benzene rings is 1. The highest BCUT2D eigenvalue weighted by atomic mass is 35.5. The zero-order chi connectivity index (χ0) is 12.6.